The highest BCUT2D eigenvalue weighted by molar-refractivity contribution is 5.71. The quantitative estimate of drug-likeness (QED) is 0.567. The van der Waals surface area contributed by atoms with Crippen LogP contribution >= 0.6 is 0 Å². The van der Waals surface area contributed by atoms with E-state index in [1.807, 2.05) is 0 Å². The minimum Gasteiger partial charge on any atom is -0.369 e. The van der Waals surface area contributed by atoms with Crippen molar-refractivity contribution in [3.05, 3.63) is 36.4 Å². The van der Waals surface area contributed by atoms with Crippen LogP contribution in [-0.2, 0) is 12.7 Å². The van der Waals surface area contributed by atoms with Gasteiger partial charge in [0.25, 0.3) is 6.43 Å². The molecule has 1 saturated carbocycles. The monoisotopic (exact) mass is 467 g/mol. The second kappa shape index (κ2) is 8.38. The molecule has 33 heavy (non-hydrogen) atoms. The second-order valence-corrected chi connectivity index (χ2v) is 8.63. The maximum atomic E-state index is 13.4. The molecule has 4 heterocycles. The van der Waals surface area contributed by atoms with E-state index >= 15 is 0 Å². The summed E-state index contributed by atoms with van der Waals surface area (Å²) in [6.07, 6.45) is -0.439. The average Bonchev–Trinajstić information content (AvgIpc) is 3.36. The predicted molar refractivity (Wildman–Crippen MR) is 111 cm³/mol. The number of aromatic nitrogens is 5. The zero-order valence-electron chi connectivity index (χ0n) is 17.5. The van der Waals surface area contributed by atoms with Crippen molar-refractivity contribution in [2.45, 2.75) is 44.5 Å². The molecule has 3 aromatic heterocycles. The van der Waals surface area contributed by atoms with Gasteiger partial charge in [-0.1, -0.05) is 0 Å². The summed E-state index contributed by atoms with van der Waals surface area (Å²) in [5.74, 6) is 1.02. The van der Waals surface area contributed by atoms with Crippen LogP contribution in [0.25, 0.3) is 11.2 Å². The van der Waals surface area contributed by atoms with Gasteiger partial charge in [-0.3, -0.25) is 0 Å². The van der Waals surface area contributed by atoms with Gasteiger partial charge in [0.05, 0.1) is 18.1 Å². The molecule has 2 aliphatic rings. The first-order valence-electron chi connectivity index (χ1n) is 10.8. The third-order valence-electron chi connectivity index (χ3n) is 6.45. The molecule has 1 N–H and O–H groups in total. The second-order valence-electron chi connectivity index (χ2n) is 8.63. The van der Waals surface area contributed by atoms with Gasteiger partial charge in [0.15, 0.2) is 11.3 Å². The number of hydrogen-bond acceptors (Lipinski definition) is 6. The maximum absolute atomic E-state index is 13.4. The molecule has 5 rings (SSSR count). The highest BCUT2D eigenvalue weighted by atomic mass is 19.4. The highest BCUT2D eigenvalue weighted by Crippen LogP contribution is 2.42. The number of nitrogens with zero attached hydrogens (tertiary/aromatic N) is 6. The first-order chi connectivity index (χ1) is 15.8. The number of alkyl halides is 5. The van der Waals surface area contributed by atoms with Gasteiger partial charge >= 0.3 is 6.18 Å². The lowest BCUT2D eigenvalue weighted by atomic mass is 9.79. The van der Waals surface area contributed by atoms with Crippen molar-refractivity contribution in [3.8, 4) is 0 Å². The van der Waals surface area contributed by atoms with Crippen LogP contribution < -0.4 is 10.2 Å². The van der Waals surface area contributed by atoms with E-state index in [0.29, 0.717) is 30.3 Å². The van der Waals surface area contributed by atoms with Gasteiger partial charge < -0.3 is 10.2 Å². The molecule has 1 aliphatic carbocycles. The zero-order valence-corrected chi connectivity index (χ0v) is 17.5. The summed E-state index contributed by atoms with van der Waals surface area (Å²) in [4.78, 5) is 14.0. The molecule has 176 valence electrons. The van der Waals surface area contributed by atoms with Crippen molar-refractivity contribution in [1.29, 1.82) is 0 Å². The fourth-order valence-corrected chi connectivity index (χ4v) is 5.02. The molecule has 2 fully saturated rings. The van der Waals surface area contributed by atoms with Gasteiger partial charge in [-0.2, -0.15) is 18.3 Å². The van der Waals surface area contributed by atoms with Crippen LogP contribution in [-0.4, -0.2) is 50.3 Å². The summed E-state index contributed by atoms with van der Waals surface area (Å²) in [6.45, 7) is 0.549. The Bertz CT molecular complexity index is 1130. The Hall–Kier alpha value is -3.05. The van der Waals surface area contributed by atoms with Crippen LogP contribution in [0.3, 0.4) is 0 Å². The molecule has 1 saturated heterocycles. The topological polar surface area (TPSA) is 71.8 Å². The third kappa shape index (κ3) is 4.42. The van der Waals surface area contributed by atoms with Gasteiger partial charge in [-0.15, -0.1) is 0 Å². The lowest BCUT2D eigenvalue weighted by Crippen LogP contribution is -2.32. The van der Waals surface area contributed by atoms with Crippen LogP contribution in [0.5, 0.6) is 0 Å². The minimum atomic E-state index is -4.50. The van der Waals surface area contributed by atoms with Crippen LogP contribution in [0, 0.1) is 11.8 Å². The first kappa shape index (κ1) is 21.8. The summed E-state index contributed by atoms with van der Waals surface area (Å²) in [7, 11) is 0. The van der Waals surface area contributed by atoms with E-state index in [9.17, 15) is 22.0 Å². The standard InChI is InChI=1S/C21H22F5N7/c22-17(23)11-33-20-15(7-29-33)28-8-18(31-20)30-14-4-3-12-9-32(10-13(12)6-14)16-2-1-5-27-19(16)21(24,25)26/h1-2,5,7-8,12-14,17H,3-4,6,9-11H2,(H,30,31). The molecule has 0 aromatic carbocycles. The fourth-order valence-electron chi connectivity index (χ4n) is 5.02. The molecule has 12 heteroatoms. The van der Waals surface area contributed by atoms with Crippen molar-refractivity contribution in [1.82, 2.24) is 24.7 Å². The van der Waals surface area contributed by atoms with E-state index in [-0.39, 0.29) is 23.3 Å². The lowest BCUT2D eigenvalue weighted by Gasteiger charge is -2.31. The molecule has 0 radical (unpaired) electrons. The van der Waals surface area contributed by atoms with Crippen molar-refractivity contribution in [3.63, 3.8) is 0 Å². The number of halogens is 5. The number of hydrogen-bond donors (Lipinski definition) is 1. The molecule has 0 spiro atoms. The third-order valence-corrected chi connectivity index (χ3v) is 6.45. The summed E-state index contributed by atoms with van der Waals surface area (Å²) in [6, 6.07) is 3.08. The van der Waals surface area contributed by atoms with E-state index in [4.69, 9.17) is 0 Å². The largest absolute Gasteiger partial charge is 0.435 e. The summed E-state index contributed by atoms with van der Waals surface area (Å²) in [5.41, 5.74) is 0.0143. The van der Waals surface area contributed by atoms with Gasteiger partial charge in [-0.05, 0) is 43.2 Å². The van der Waals surface area contributed by atoms with Crippen LogP contribution in [0.4, 0.5) is 33.5 Å². The Balaban J connectivity index is 1.28. The SMILES string of the molecule is FC(F)Cn1ncc2ncc(NC3CCC4CN(c5cccnc5C(F)(F)F)CC4C3)nc21. The van der Waals surface area contributed by atoms with E-state index in [2.05, 4.69) is 25.4 Å². The summed E-state index contributed by atoms with van der Waals surface area (Å²) >= 11 is 0. The van der Waals surface area contributed by atoms with Crippen molar-refractivity contribution in [2.24, 2.45) is 11.8 Å². The fraction of sp³-hybridized carbons (Fsp3) is 0.524. The summed E-state index contributed by atoms with van der Waals surface area (Å²) in [5, 5.41) is 7.25. The van der Waals surface area contributed by atoms with Crippen molar-refractivity contribution < 1.29 is 22.0 Å². The summed E-state index contributed by atoms with van der Waals surface area (Å²) < 4.78 is 66.9. The zero-order chi connectivity index (χ0) is 23.2. The predicted octanol–water partition coefficient (Wildman–Crippen LogP) is 4.22. The normalized spacial score (nSPS) is 23.3. The number of anilines is 2. The average molecular weight is 467 g/mol. The number of pyridine rings is 1. The van der Waals surface area contributed by atoms with E-state index < -0.39 is 24.8 Å². The lowest BCUT2D eigenvalue weighted by molar-refractivity contribution is -0.140. The number of rotatable bonds is 5. The Morgan fingerprint density at radius 2 is 1.91 bits per heavy atom. The van der Waals surface area contributed by atoms with E-state index in [1.165, 1.54) is 24.5 Å². The van der Waals surface area contributed by atoms with Gasteiger partial charge in [0, 0.05) is 25.3 Å². The molecule has 3 atom stereocenters. The molecule has 0 amide bonds. The van der Waals surface area contributed by atoms with Crippen LogP contribution in [0.2, 0.25) is 0 Å². The Labute approximate surface area is 186 Å². The van der Waals surface area contributed by atoms with E-state index in [1.54, 1.807) is 11.1 Å². The van der Waals surface area contributed by atoms with Gasteiger partial charge in [0.1, 0.15) is 17.9 Å². The van der Waals surface area contributed by atoms with Crippen molar-refractivity contribution in [2.75, 3.05) is 23.3 Å². The molecule has 3 unspecified atom stereocenters. The Kier molecular flexibility index (Phi) is 5.53. The van der Waals surface area contributed by atoms with Gasteiger partial charge in [0.2, 0.25) is 0 Å². The van der Waals surface area contributed by atoms with Gasteiger partial charge in [-0.25, -0.2) is 28.4 Å². The molecule has 7 nitrogen and oxygen atoms in total. The Morgan fingerprint density at radius 1 is 1.09 bits per heavy atom. The van der Waals surface area contributed by atoms with Crippen LogP contribution in [0.1, 0.15) is 25.0 Å². The Morgan fingerprint density at radius 3 is 2.70 bits per heavy atom. The number of fused-ring (bicyclic) bond motifs is 2. The maximum Gasteiger partial charge on any atom is 0.435 e. The molecular formula is C21H22F5N7. The van der Waals surface area contributed by atoms with Crippen LogP contribution in [0.15, 0.2) is 30.7 Å². The molecule has 3 aromatic rings. The molecular weight excluding hydrogens is 445 g/mol. The molecule has 0 bridgehead atoms. The smallest absolute Gasteiger partial charge is 0.369 e. The first-order valence-corrected chi connectivity index (χ1v) is 10.8. The molecule has 1 aliphatic heterocycles. The highest BCUT2D eigenvalue weighted by Gasteiger charge is 2.42. The minimum absolute atomic E-state index is 0.0698. The van der Waals surface area contributed by atoms with E-state index in [0.717, 1.165) is 23.9 Å². The number of nitrogens with one attached hydrogen (secondary N) is 1. The van der Waals surface area contributed by atoms with Crippen molar-refractivity contribution >= 4 is 22.7 Å².